The predicted octanol–water partition coefficient (Wildman–Crippen LogP) is 23.7. The molecule has 19 heteroatoms. The number of aliphatic hydroxyl groups excluding tert-OH is 1. The van der Waals surface area contributed by atoms with Crippen LogP contribution >= 0.6 is 15.6 Å². The second kappa shape index (κ2) is 70.4. The van der Waals surface area contributed by atoms with Crippen molar-refractivity contribution in [3.63, 3.8) is 0 Å². The van der Waals surface area contributed by atoms with E-state index in [-0.39, 0.29) is 25.7 Å². The summed E-state index contributed by atoms with van der Waals surface area (Å²) in [7, 11) is -9.92. The summed E-state index contributed by atoms with van der Waals surface area (Å²) in [4.78, 5) is 73.0. The number of phosphoric ester groups is 2. The number of esters is 4. The molecule has 99 heavy (non-hydrogen) atoms. The molecule has 0 heterocycles. The van der Waals surface area contributed by atoms with Gasteiger partial charge in [-0.25, -0.2) is 9.13 Å². The highest BCUT2D eigenvalue weighted by Gasteiger charge is 2.30. The Hall–Kier alpha value is -1.94. The average molecular weight is 1450 g/mol. The predicted molar refractivity (Wildman–Crippen MR) is 405 cm³/mol. The lowest BCUT2D eigenvalue weighted by atomic mass is 9.99. The Bertz CT molecular complexity index is 1930. The maximum atomic E-state index is 13.1. The summed E-state index contributed by atoms with van der Waals surface area (Å²) < 4.78 is 68.7. The molecule has 588 valence electrons. The number of hydrogen-bond acceptors (Lipinski definition) is 15. The fourth-order valence-electron chi connectivity index (χ4n) is 12.2. The molecule has 0 amide bonds. The summed E-state index contributed by atoms with van der Waals surface area (Å²) >= 11 is 0. The van der Waals surface area contributed by atoms with Gasteiger partial charge in [0.1, 0.15) is 19.3 Å². The van der Waals surface area contributed by atoms with Gasteiger partial charge in [0.15, 0.2) is 12.2 Å². The molecular weight excluding hydrogens is 1290 g/mol. The molecule has 0 bridgehead atoms. The Morgan fingerprint density at radius 1 is 0.293 bits per heavy atom. The van der Waals surface area contributed by atoms with Gasteiger partial charge in [-0.2, -0.15) is 0 Å². The topological polar surface area (TPSA) is 237 Å². The van der Waals surface area contributed by atoms with Crippen LogP contribution in [-0.4, -0.2) is 96.7 Å². The normalized spacial score (nSPS) is 14.5. The van der Waals surface area contributed by atoms with Crippen LogP contribution in [0, 0.1) is 17.8 Å². The Morgan fingerprint density at radius 2 is 0.515 bits per heavy atom. The summed E-state index contributed by atoms with van der Waals surface area (Å²) in [5.41, 5.74) is 0. The monoisotopic (exact) mass is 1450 g/mol. The van der Waals surface area contributed by atoms with Crippen molar-refractivity contribution in [3.05, 3.63) is 0 Å². The standard InChI is InChI=1S/C80H156O17P2/c1-8-11-12-13-14-15-16-17-18-19-20-21-25-28-31-40-47-54-61-77(82)90-67-75(96-79(84)63-56-49-42-32-29-26-23-22-24-27-30-38-45-52-59-72(6)9-2)69-94-98(86,87)92-65-74(81)66-93-99(88,89)95-70-76(68-91-78(83)62-55-48-41-35-33-37-44-51-58-71(4)5)97-80(85)64-57-50-43-36-34-39-46-53-60-73(7)10-3/h71-76,81H,8-70H2,1-7H3,(H,86,87)(H,88,89)/t72?,73?,74-,75-,76-/m1/s1. The summed E-state index contributed by atoms with van der Waals surface area (Å²) in [6.45, 7) is 11.9. The Balaban J connectivity index is 5.25. The number of rotatable bonds is 78. The zero-order valence-corrected chi connectivity index (χ0v) is 66.8. The molecule has 0 aromatic rings. The first-order valence-electron chi connectivity index (χ1n) is 41.4. The second-order valence-corrected chi connectivity index (χ2v) is 32.7. The minimum Gasteiger partial charge on any atom is -0.462 e. The molecule has 17 nitrogen and oxygen atoms in total. The van der Waals surface area contributed by atoms with Crippen LogP contribution in [0.1, 0.15) is 414 Å². The highest BCUT2D eigenvalue weighted by Crippen LogP contribution is 2.45. The minimum absolute atomic E-state index is 0.104. The van der Waals surface area contributed by atoms with Crippen molar-refractivity contribution in [2.45, 2.75) is 433 Å². The molecule has 0 fully saturated rings. The third-order valence-corrected chi connectivity index (χ3v) is 21.3. The maximum Gasteiger partial charge on any atom is 0.472 e. The number of carbonyl (C=O) groups excluding carboxylic acids is 4. The van der Waals surface area contributed by atoms with Crippen molar-refractivity contribution in [2.75, 3.05) is 39.6 Å². The smallest absolute Gasteiger partial charge is 0.462 e. The molecule has 0 spiro atoms. The van der Waals surface area contributed by atoms with Crippen LogP contribution in [0.15, 0.2) is 0 Å². The van der Waals surface area contributed by atoms with E-state index in [4.69, 9.17) is 37.0 Å². The first-order valence-corrected chi connectivity index (χ1v) is 44.4. The van der Waals surface area contributed by atoms with Gasteiger partial charge >= 0.3 is 39.5 Å². The van der Waals surface area contributed by atoms with Gasteiger partial charge in [-0.15, -0.1) is 0 Å². The molecule has 0 aliphatic rings. The summed E-state index contributed by atoms with van der Waals surface area (Å²) in [6.07, 6.45) is 58.2. The van der Waals surface area contributed by atoms with Crippen LogP contribution in [-0.2, 0) is 65.4 Å². The molecule has 0 aromatic carbocycles. The number of carbonyl (C=O) groups is 4. The molecule has 4 unspecified atom stereocenters. The fraction of sp³-hybridized carbons (Fsp3) is 0.950. The first kappa shape index (κ1) is 97.1. The summed E-state index contributed by atoms with van der Waals surface area (Å²) in [5.74, 6) is 0.227. The Morgan fingerprint density at radius 3 is 0.768 bits per heavy atom. The molecule has 7 atom stereocenters. The van der Waals surface area contributed by atoms with Gasteiger partial charge in [-0.3, -0.25) is 37.3 Å². The zero-order valence-electron chi connectivity index (χ0n) is 65.0. The SMILES string of the molecule is CCCCCCCCCCCCCCCCCCCCC(=O)OC[C@H](COP(=O)(O)OC[C@@H](O)COP(=O)(O)OC[C@@H](COC(=O)CCCCCCCCCCC(C)C)OC(=O)CCCCCCCCCCC(C)CC)OC(=O)CCCCCCCCCCCCCCCCC(C)CC. The number of hydrogen-bond donors (Lipinski definition) is 3. The fourth-order valence-corrected chi connectivity index (χ4v) is 13.8. The quantitative estimate of drug-likeness (QED) is 0.0222. The van der Waals surface area contributed by atoms with Gasteiger partial charge in [0.25, 0.3) is 0 Å². The lowest BCUT2D eigenvalue weighted by molar-refractivity contribution is -0.161. The third kappa shape index (κ3) is 71.5. The van der Waals surface area contributed by atoms with Crippen molar-refractivity contribution < 1.29 is 80.2 Å². The lowest BCUT2D eigenvalue weighted by Gasteiger charge is -2.21. The summed E-state index contributed by atoms with van der Waals surface area (Å²) in [5, 5.41) is 10.6. The van der Waals surface area contributed by atoms with Crippen molar-refractivity contribution in [1.82, 2.24) is 0 Å². The van der Waals surface area contributed by atoms with Gasteiger partial charge in [0.2, 0.25) is 0 Å². The van der Waals surface area contributed by atoms with Crippen molar-refractivity contribution in [2.24, 2.45) is 17.8 Å². The molecule has 0 aromatic heterocycles. The summed E-state index contributed by atoms with van der Waals surface area (Å²) in [6, 6.07) is 0. The molecule has 0 saturated heterocycles. The maximum absolute atomic E-state index is 13.1. The number of aliphatic hydroxyl groups is 1. The second-order valence-electron chi connectivity index (χ2n) is 29.8. The minimum atomic E-state index is -4.96. The number of ether oxygens (including phenoxy) is 4. The molecule has 0 saturated carbocycles. The van der Waals surface area contributed by atoms with Gasteiger partial charge in [-0.1, -0.05) is 363 Å². The Labute approximate surface area is 607 Å². The van der Waals surface area contributed by atoms with E-state index in [9.17, 15) is 43.2 Å². The van der Waals surface area contributed by atoms with Gasteiger partial charge in [0.05, 0.1) is 26.4 Å². The van der Waals surface area contributed by atoms with E-state index in [1.54, 1.807) is 0 Å². The van der Waals surface area contributed by atoms with Gasteiger partial charge in [0, 0.05) is 25.7 Å². The van der Waals surface area contributed by atoms with E-state index >= 15 is 0 Å². The molecule has 3 N–H and O–H groups in total. The molecular formula is C80H156O17P2. The van der Waals surface area contributed by atoms with E-state index in [1.165, 1.54) is 225 Å². The first-order chi connectivity index (χ1) is 47.8. The lowest BCUT2D eigenvalue weighted by Crippen LogP contribution is -2.30. The number of phosphoric acid groups is 2. The highest BCUT2D eigenvalue weighted by atomic mass is 31.2. The zero-order chi connectivity index (χ0) is 73.0. The van der Waals surface area contributed by atoms with Crippen molar-refractivity contribution in [3.8, 4) is 0 Å². The van der Waals surface area contributed by atoms with Crippen LogP contribution in [0.25, 0.3) is 0 Å². The Kier molecular flexibility index (Phi) is 69.0. The van der Waals surface area contributed by atoms with Crippen LogP contribution in [0.4, 0.5) is 0 Å². The van der Waals surface area contributed by atoms with Gasteiger partial charge in [-0.05, 0) is 43.4 Å². The van der Waals surface area contributed by atoms with Crippen molar-refractivity contribution in [1.29, 1.82) is 0 Å². The molecule has 0 aliphatic carbocycles. The van der Waals surface area contributed by atoms with Crippen LogP contribution in [0.5, 0.6) is 0 Å². The molecule has 0 radical (unpaired) electrons. The number of unbranched alkanes of at least 4 members (excludes halogenated alkanes) is 44. The molecule has 0 rings (SSSR count). The van der Waals surface area contributed by atoms with E-state index < -0.39 is 97.5 Å². The highest BCUT2D eigenvalue weighted by molar-refractivity contribution is 7.47. The third-order valence-electron chi connectivity index (χ3n) is 19.4. The van der Waals surface area contributed by atoms with E-state index in [1.807, 2.05) is 0 Å². The van der Waals surface area contributed by atoms with Crippen LogP contribution in [0.3, 0.4) is 0 Å². The van der Waals surface area contributed by atoms with Crippen molar-refractivity contribution >= 4 is 39.5 Å². The van der Waals surface area contributed by atoms with Crippen LogP contribution in [0.2, 0.25) is 0 Å². The largest absolute Gasteiger partial charge is 0.472 e. The van der Waals surface area contributed by atoms with E-state index in [2.05, 4.69) is 48.5 Å². The van der Waals surface area contributed by atoms with Gasteiger partial charge < -0.3 is 33.8 Å². The molecule has 0 aliphatic heterocycles. The van der Waals surface area contributed by atoms with E-state index in [0.717, 1.165) is 108 Å². The average Bonchev–Trinajstić information content (AvgIpc) is 1.16. The van der Waals surface area contributed by atoms with Crippen LogP contribution < -0.4 is 0 Å². The van der Waals surface area contributed by atoms with E-state index in [0.29, 0.717) is 25.7 Å².